The maximum Gasteiger partial charge on any atom is 0.114 e. The van der Waals surface area contributed by atoms with Crippen molar-refractivity contribution >= 4 is 5.71 Å². The molecule has 0 spiro atoms. The molecule has 0 unspecified atom stereocenters. The maximum absolute atomic E-state index is 4.97. The molecule has 0 aliphatic carbocycles. The summed E-state index contributed by atoms with van der Waals surface area (Å²) in [5.41, 5.74) is 2.25. The van der Waals surface area contributed by atoms with Gasteiger partial charge in [0.05, 0.1) is 5.71 Å². The van der Waals surface area contributed by atoms with Gasteiger partial charge in [0.2, 0.25) is 0 Å². The molecule has 3 heteroatoms. The third kappa shape index (κ3) is 2.66. The van der Waals surface area contributed by atoms with Crippen molar-refractivity contribution in [3.8, 4) is 0 Å². The highest BCUT2D eigenvalue weighted by Gasteiger charge is 2.05. The number of hydrogen-bond donors (Lipinski definition) is 1. The first-order chi connectivity index (χ1) is 5.84. The molecule has 0 aromatic heterocycles. The fourth-order valence-electron chi connectivity index (χ4n) is 1.14. The minimum atomic E-state index is 0.637. The molecule has 0 saturated carbocycles. The fraction of sp³-hybridized carbons (Fsp3) is 0.667. The first-order valence-corrected chi connectivity index (χ1v) is 4.41. The van der Waals surface area contributed by atoms with Crippen molar-refractivity contribution < 1.29 is 4.84 Å². The fourth-order valence-corrected chi connectivity index (χ4v) is 1.14. The van der Waals surface area contributed by atoms with Crippen LogP contribution >= 0.6 is 0 Å². The second kappa shape index (κ2) is 4.93. The van der Waals surface area contributed by atoms with Crippen molar-refractivity contribution in [3.05, 3.63) is 11.6 Å². The predicted molar refractivity (Wildman–Crippen MR) is 50.3 cm³/mol. The summed E-state index contributed by atoms with van der Waals surface area (Å²) in [7, 11) is 0. The summed E-state index contributed by atoms with van der Waals surface area (Å²) >= 11 is 0. The van der Waals surface area contributed by atoms with Gasteiger partial charge >= 0.3 is 0 Å². The molecule has 0 saturated heterocycles. The van der Waals surface area contributed by atoms with Gasteiger partial charge in [0.1, 0.15) is 6.61 Å². The number of rotatable bonds is 3. The summed E-state index contributed by atoms with van der Waals surface area (Å²) in [4.78, 5) is 4.97. The summed E-state index contributed by atoms with van der Waals surface area (Å²) in [6.07, 6.45) is 3.31. The van der Waals surface area contributed by atoms with Crippen LogP contribution in [0.2, 0.25) is 0 Å². The van der Waals surface area contributed by atoms with E-state index in [2.05, 4.69) is 16.5 Å². The molecule has 68 valence electrons. The monoisotopic (exact) mass is 168 g/mol. The van der Waals surface area contributed by atoms with Crippen LogP contribution in [0.25, 0.3) is 0 Å². The SMILES string of the molecule is CCON=C(C)C1=CCCNC1. The van der Waals surface area contributed by atoms with E-state index in [9.17, 15) is 0 Å². The van der Waals surface area contributed by atoms with Gasteiger partial charge in [-0.15, -0.1) is 0 Å². The lowest BCUT2D eigenvalue weighted by Gasteiger charge is -2.13. The van der Waals surface area contributed by atoms with Crippen LogP contribution in [0.3, 0.4) is 0 Å². The molecule has 1 aliphatic heterocycles. The van der Waals surface area contributed by atoms with Gasteiger partial charge in [-0.3, -0.25) is 0 Å². The van der Waals surface area contributed by atoms with Crippen LogP contribution in [0.15, 0.2) is 16.8 Å². The molecule has 0 aromatic carbocycles. The second-order valence-electron chi connectivity index (χ2n) is 2.79. The minimum Gasteiger partial charge on any atom is -0.396 e. The normalized spacial score (nSPS) is 18.8. The van der Waals surface area contributed by atoms with Gasteiger partial charge in [-0.1, -0.05) is 11.2 Å². The number of oxime groups is 1. The predicted octanol–water partition coefficient (Wildman–Crippen LogP) is 1.32. The molecule has 0 amide bonds. The van der Waals surface area contributed by atoms with E-state index in [0.29, 0.717) is 6.61 Å². The summed E-state index contributed by atoms with van der Waals surface area (Å²) in [6, 6.07) is 0. The molecule has 0 bridgehead atoms. The molecule has 1 heterocycles. The summed E-state index contributed by atoms with van der Waals surface area (Å²) in [5, 5.41) is 7.26. The van der Waals surface area contributed by atoms with Crippen molar-refractivity contribution in [1.82, 2.24) is 5.32 Å². The highest BCUT2D eigenvalue weighted by atomic mass is 16.6. The summed E-state index contributed by atoms with van der Waals surface area (Å²) < 4.78 is 0. The molecule has 0 radical (unpaired) electrons. The van der Waals surface area contributed by atoms with Gasteiger partial charge in [0.25, 0.3) is 0 Å². The average molecular weight is 168 g/mol. The van der Waals surface area contributed by atoms with Crippen molar-refractivity contribution in [2.75, 3.05) is 19.7 Å². The molecule has 1 rings (SSSR count). The highest BCUT2D eigenvalue weighted by molar-refractivity contribution is 5.98. The molecule has 0 fully saturated rings. The van der Waals surface area contributed by atoms with Crippen molar-refractivity contribution in [1.29, 1.82) is 0 Å². The van der Waals surface area contributed by atoms with E-state index in [0.717, 1.165) is 25.2 Å². The molecule has 12 heavy (non-hydrogen) atoms. The Morgan fingerprint density at radius 2 is 2.58 bits per heavy atom. The Bertz CT molecular complexity index is 197. The standard InChI is InChI=1S/C9H16N2O/c1-3-12-11-8(2)9-5-4-6-10-7-9/h5,10H,3-4,6-7H2,1-2H3. The molecule has 3 nitrogen and oxygen atoms in total. The van der Waals surface area contributed by atoms with E-state index in [1.54, 1.807) is 0 Å². The van der Waals surface area contributed by atoms with Gasteiger partial charge in [0, 0.05) is 6.54 Å². The number of hydrogen-bond acceptors (Lipinski definition) is 3. The zero-order valence-corrected chi connectivity index (χ0v) is 7.76. The largest absolute Gasteiger partial charge is 0.396 e. The Kier molecular flexibility index (Phi) is 3.80. The summed E-state index contributed by atoms with van der Waals surface area (Å²) in [5.74, 6) is 0. The zero-order valence-electron chi connectivity index (χ0n) is 7.76. The molecular weight excluding hydrogens is 152 g/mol. The van der Waals surface area contributed by atoms with Gasteiger partial charge in [-0.2, -0.15) is 0 Å². The van der Waals surface area contributed by atoms with Gasteiger partial charge < -0.3 is 10.2 Å². The maximum atomic E-state index is 4.97. The van der Waals surface area contributed by atoms with Crippen LogP contribution in [-0.4, -0.2) is 25.4 Å². The average Bonchev–Trinajstić information content (AvgIpc) is 2.15. The van der Waals surface area contributed by atoms with Crippen LogP contribution in [0, 0.1) is 0 Å². The van der Waals surface area contributed by atoms with E-state index in [1.807, 2.05) is 13.8 Å². The smallest absolute Gasteiger partial charge is 0.114 e. The first-order valence-electron chi connectivity index (χ1n) is 4.41. The Hall–Kier alpha value is -0.830. The lowest BCUT2D eigenvalue weighted by molar-refractivity contribution is 0.158. The number of nitrogens with one attached hydrogen (secondary N) is 1. The Labute approximate surface area is 73.5 Å². The van der Waals surface area contributed by atoms with Crippen LogP contribution < -0.4 is 5.32 Å². The van der Waals surface area contributed by atoms with Crippen molar-refractivity contribution in [3.63, 3.8) is 0 Å². The first kappa shape index (κ1) is 9.26. The van der Waals surface area contributed by atoms with Gasteiger partial charge in [-0.05, 0) is 32.4 Å². The van der Waals surface area contributed by atoms with Crippen LogP contribution in [0.4, 0.5) is 0 Å². The Balaban J connectivity index is 2.49. The van der Waals surface area contributed by atoms with E-state index < -0.39 is 0 Å². The Morgan fingerprint density at radius 1 is 1.75 bits per heavy atom. The molecule has 0 atom stereocenters. The molecular formula is C9H16N2O. The Morgan fingerprint density at radius 3 is 3.17 bits per heavy atom. The van der Waals surface area contributed by atoms with Gasteiger partial charge in [0.15, 0.2) is 0 Å². The third-order valence-corrected chi connectivity index (χ3v) is 1.82. The lowest BCUT2D eigenvalue weighted by Crippen LogP contribution is -2.25. The van der Waals surface area contributed by atoms with Crippen molar-refractivity contribution in [2.24, 2.45) is 5.16 Å². The van der Waals surface area contributed by atoms with E-state index in [-0.39, 0.29) is 0 Å². The second-order valence-corrected chi connectivity index (χ2v) is 2.79. The number of nitrogens with zero attached hydrogens (tertiary/aromatic N) is 1. The van der Waals surface area contributed by atoms with Crippen LogP contribution in [0.1, 0.15) is 20.3 Å². The molecule has 1 aliphatic rings. The molecule has 0 aromatic rings. The topological polar surface area (TPSA) is 33.6 Å². The van der Waals surface area contributed by atoms with Crippen molar-refractivity contribution in [2.45, 2.75) is 20.3 Å². The van der Waals surface area contributed by atoms with Gasteiger partial charge in [-0.25, -0.2) is 0 Å². The zero-order chi connectivity index (χ0) is 8.81. The third-order valence-electron chi connectivity index (χ3n) is 1.82. The lowest BCUT2D eigenvalue weighted by atomic mass is 10.1. The molecule has 1 N–H and O–H groups in total. The van der Waals surface area contributed by atoms with E-state index >= 15 is 0 Å². The van der Waals surface area contributed by atoms with E-state index in [1.165, 1.54) is 5.57 Å². The van der Waals surface area contributed by atoms with E-state index in [4.69, 9.17) is 4.84 Å². The highest BCUT2D eigenvalue weighted by Crippen LogP contribution is 2.03. The van der Waals surface area contributed by atoms with Crippen LogP contribution in [0.5, 0.6) is 0 Å². The van der Waals surface area contributed by atoms with Crippen LogP contribution in [-0.2, 0) is 4.84 Å². The summed E-state index contributed by atoms with van der Waals surface area (Å²) in [6.45, 7) is 6.55. The minimum absolute atomic E-state index is 0.637. The quantitative estimate of drug-likeness (QED) is 0.509.